The molecule has 0 spiro atoms. The summed E-state index contributed by atoms with van der Waals surface area (Å²) in [6.07, 6.45) is 11.3. The summed E-state index contributed by atoms with van der Waals surface area (Å²) in [6.45, 7) is 1.57. The van der Waals surface area contributed by atoms with Crippen LogP contribution in [0.1, 0.15) is 57.1 Å². The number of carbonyl (C=O) groups excluding carboxylic acids is 2. The van der Waals surface area contributed by atoms with Gasteiger partial charge < -0.3 is 15.4 Å². The molecule has 3 aliphatic rings. The largest absolute Gasteiger partial charge is 0.368 e. The van der Waals surface area contributed by atoms with Crippen molar-refractivity contribution in [1.82, 2.24) is 20.1 Å². The minimum absolute atomic E-state index is 0.00104. The maximum absolute atomic E-state index is 13.0. The summed E-state index contributed by atoms with van der Waals surface area (Å²) in [5.74, 6) is 0.204. The molecule has 0 radical (unpaired) electrons. The highest BCUT2D eigenvalue weighted by atomic mass is 35.5. The molecular weight excluding hydrogens is 442 g/mol. The average molecular weight is 472 g/mol. The standard InChI is InChI=1S/C24H30ClN5O3/c25-19-14-26-22(12-17(19)18-13-27-30-9-2-1-7-20(18)30)29-23(31)15-5-3-6-16(11-15)28-24(32)21-8-4-10-33-21/h12-16,21H,1-11H2,(H,28,32)(H,26,29,31)/t15-,16+,21+/m0/s1. The Morgan fingerprint density at radius 3 is 2.82 bits per heavy atom. The second-order valence-corrected chi connectivity index (χ2v) is 9.70. The number of hydrogen-bond acceptors (Lipinski definition) is 5. The van der Waals surface area contributed by atoms with E-state index < -0.39 is 0 Å². The number of aromatic nitrogens is 3. The van der Waals surface area contributed by atoms with Crippen molar-refractivity contribution in [3.05, 3.63) is 29.2 Å². The molecule has 2 aliphatic heterocycles. The van der Waals surface area contributed by atoms with Crippen LogP contribution in [0, 0.1) is 5.92 Å². The summed E-state index contributed by atoms with van der Waals surface area (Å²) < 4.78 is 7.52. The summed E-state index contributed by atoms with van der Waals surface area (Å²) >= 11 is 6.47. The predicted molar refractivity (Wildman–Crippen MR) is 125 cm³/mol. The van der Waals surface area contributed by atoms with Crippen molar-refractivity contribution in [2.24, 2.45) is 5.92 Å². The summed E-state index contributed by atoms with van der Waals surface area (Å²) in [6, 6.07) is 1.84. The summed E-state index contributed by atoms with van der Waals surface area (Å²) in [4.78, 5) is 29.8. The first-order chi connectivity index (χ1) is 16.1. The number of amides is 2. The first-order valence-corrected chi connectivity index (χ1v) is 12.4. The predicted octanol–water partition coefficient (Wildman–Crippen LogP) is 3.73. The van der Waals surface area contributed by atoms with Crippen molar-refractivity contribution < 1.29 is 14.3 Å². The Bertz CT molecular complexity index is 1030. The number of carbonyl (C=O) groups is 2. The SMILES string of the molecule is O=C(Nc1cc(-c2cnn3c2CCCC3)c(Cl)cn1)[C@H]1CCC[C@@H](NC(=O)[C@H]2CCCO2)C1. The zero-order valence-electron chi connectivity index (χ0n) is 18.7. The highest BCUT2D eigenvalue weighted by Crippen LogP contribution is 2.34. The molecule has 9 heteroatoms. The molecular formula is C24H30ClN5O3. The third-order valence-corrected chi connectivity index (χ3v) is 7.29. The van der Waals surface area contributed by atoms with Gasteiger partial charge in [0.25, 0.3) is 0 Å². The highest BCUT2D eigenvalue weighted by Gasteiger charge is 2.31. The van der Waals surface area contributed by atoms with Crippen molar-refractivity contribution in [1.29, 1.82) is 0 Å². The Balaban J connectivity index is 1.24. The molecule has 2 fully saturated rings. The number of ether oxygens (including phenoxy) is 1. The summed E-state index contributed by atoms with van der Waals surface area (Å²) in [7, 11) is 0. The van der Waals surface area contributed by atoms with Crippen LogP contribution in [-0.2, 0) is 27.3 Å². The van der Waals surface area contributed by atoms with E-state index in [0.29, 0.717) is 23.9 Å². The van der Waals surface area contributed by atoms with Gasteiger partial charge in [-0.05, 0) is 57.4 Å². The van der Waals surface area contributed by atoms with Gasteiger partial charge in [-0.3, -0.25) is 14.3 Å². The van der Waals surface area contributed by atoms with E-state index >= 15 is 0 Å². The number of fused-ring (bicyclic) bond motifs is 1. The van der Waals surface area contributed by atoms with Crippen molar-refractivity contribution in [2.45, 2.75) is 76.5 Å². The Hall–Kier alpha value is -2.45. The van der Waals surface area contributed by atoms with Crippen LogP contribution in [0.25, 0.3) is 11.1 Å². The van der Waals surface area contributed by atoms with Crippen LogP contribution < -0.4 is 10.6 Å². The number of anilines is 1. The van der Waals surface area contributed by atoms with Gasteiger partial charge in [0.1, 0.15) is 11.9 Å². The minimum Gasteiger partial charge on any atom is -0.368 e. The molecule has 5 rings (SSSR count). The molecule has 4 heterocycles. The molecule has 1 saturated heterocycles. The van der Waals surface area contributed by atoms with E-state index in [0.717, 1.165) is 69.0 Å². The number of pyridine rings is 1. The lowest BCUT2D eigenvalue weighted by atomic mass is 9.85. The molecule has 0 bridgehead atoms. The summed E-state index contributed by atoms with van der Waals surface area (Å²) in [5.41, 5.74) is 3.03. The van der Waals surface area contributed by atoms with Crippen LogP contribution in [0.3, 0.4) is 0 Å². The molecule has 1 aliphatic carbocycles. The van der Waals surface area contributed by atoms with Crippen molar-refractivity contribution >= 4 is 29.2 Å². The van der Waals surface area contributed by atoms with Crippen LogP contribution in [-0.4, -0.2) is 45.3 Å². The van der Waals surface area contributed by atoms with Gasteiger partial charge in [-0.25, -0.2) is 4.98 Å². The monoisotopic (exact) mass is 471 g/mol. The normalized spacial score (nSPS) is 24.8. The van der Waals surface area contributed by atoms with Gasteiger partial charge in [0.2, 0.25) is 11.8 Å². The fourth-order valence-corrected chi connectivity index (χ4v) is 5.43. The van der Waals surface area contributed by atoms with Crippen molar-refractivity contribution in [3.63, 3.8) is 0 Å². The van der Waals surface area contributed by atoms with Crippen LogP contribution in [0.5, 0.6) is 0 Å². The van der Waals surface area contributed by atoms with E-state index in [4.69, 9.17) is 16.3 Å². The fraction of sp³-hybridized carbons (Fsp3) is 0.583. The number of rotatable bonds is 5. The number of nitrogens with one attached hydrogen (secondary N) is 2. The number of aryl methyl sites for hydroxylation is 1. The molecule has 0 aromatic carbocycles. The number of nitrogens with zero attached hydrogens (tertiary/aromatic N) is 3. The summed E-state index contributed by atoms with van der Waals surface area (Å²) in [5, 5.41) is 11.1. The molecule has 2 aromatic heterocycles. The fourth-order valence-electron chi connectivity index (χ4n) is 5.23. The molecule has 176 valence electrons. The Morgan fingerprint density at radius 1 is 1.06 bits per heavy atom. The van der Waals surface area contributed by atoms with E-state index in [1.165, 1.54) is 5.69 Å². The molecule has 2 aromatic rings. The third kappa shape index (κ3) is 4.92. The average Bonchev–Trinajstić information content (AvgIpc) is 3.51. The van der Waals surface area contributed by atoms with Crippen LogP contribution >= 0.6 is 11.6 Å². The molecule has 2 N–H and O–H groups in total. The van der Waals surface area contributed by atoms with Crippen LogP contribution in [0.4, 0.5) is 5.82 Å². The number of halogens is 1. The first kappa shape index (κ1) is 22.3. The van der Waals surface area contributed by atoms with Gasteiger partial charge in [0.15, 0.2) is 0 Å². The minimum atomic E-state index is -0.342. The first-order valence-electron chi connectivity index (χ1n) is 12.0. The smallest absolute Gasteiger partial charge is 0.249 e. The zero-order chi connectivity index (χ0) is 22.8. The van der Waals surface area contributed by atoms with Gasteiger partial charge in [0, 0.05) is 48.1 Å². The maximum atomic E-state index is 13.0. The second-order valence-electron chi connectivity index (χ2n) is 9.29. The molecule has 2 amide bonds. The van der Waals surface area contributed by atoms with E-state index in [1.807, 2.05) is 16.9 Å². The van der Waals surface area contributed by atoms with Gasteiger partial charge in [-0.15, -0.1) is 0 Å². The Morgan fingerprint density at radius 2 is 1.97 bits per heavy atom. The zero-order valence-corrected chi connectivity index (χ0v) is 19.4. The molecule has 8 nitrogen and oxygen atoms in total. The second kappa shape index (κ2) is 9.81. The van der Waals surface area contributed by atoms with Crippen molar-refractivity contribution in [3.8, 4) is 11.1 Å². The topological polar surface area (TPSA) is 98.1 Å². The Labute approximate surface area is 198 Å². The van der Waals surface area contributed by atoms with Gasteiger partial charge in [-0.1, -0.05) is 18.0 Å². The van der Waals surface area contributed by atoms with Crippen molar-refractivity contribution in [2.75, 3.05) is 11.9 Å². The molecule has 0 unspecified atom stereocenters. The Kier molecular flexibility index (Phi) is 6.64. The van der Waals surface area contributed by atoms with Crippen LogP contribution in [0.15, 0.2) is 18.5 Å². The highest BCUT2D eigenvalue weighted by molar-refractivity contribution is 6.33. The van der Waals surface area contributed by atoms with Gasteiger partial charge >= 0.3 is 0 Å². The quantitative estimate of drug-likeness (QED) is 0.692. The maximum Gasteiger partial charge on any atom is 0.249 e. The van der Waals surface area contributed by atoms with E-state index in [2.05, 4.69) is 20.7 Å². The van der Waals surface area contributed by atoms with Gasteiger partial charge in [0.05, 0.1) is 11.2 Å². The molecule has 3 atom stereocenters. The number of hydrogen-bond donors (Lipinski definition) is 2. The lowest BCUT2D eigenvalue weighted by molar-refractivity contribution is -0.131. The lowest BCUT2D eigenvalue weighted by Gasteiger charge is -2.29. The van der Waals surface area contributed by atoms with Gasteiger partial charge in [-0.2, -0.15) is 5.10 Å². The third-order valence-electron chi connectivity index (χ3n) is 6.99. The van der Waals surface area contributed by atoms with E-state index in [-0.39, 0.29) is 29.9 Å². The van der Waals surface area contributed by atoms with E-state index in [9.17, 15) is 9.59 Å². The lowest BCUT2D eigenvalue weighted by Crippen LogP contribution is -2.44. The van der Waals surface area contributed by atoms with E-state index in [1.54, 1.807) is 6.20 Å². The van der Waals surface area contributed by atoms with Crippen LogP contribution in [0.2, 0.25) is 5.02 Å². The molecule has 33 heavy (non-hydrogen) atoms. The molecule has 1 saturated carbocycles.